The lowest BCUT2D eigenvalue weighted by Gasteiger charge is -2.34. The third-order valence-corrected chi connectivity index (χ3v) is 5.87. The van der Waals surface area contributed by atoms with E-state index in [0.29, 0.717) is 6.04 Å². The molecule has 1 unspecified atom stereocenters. The summed E-state index contributed by atoms with van der Waals surface area (Å²) in [7, 11) is 1.70. The fourth-order valence-electron chi connectivity index (χ4n) is 4.17. The Balaban J connectivity index is 1.55. The Hall–Kier alpha value is -2.85. The second-order valence-electron chi connectivity index (χ2n) is 7.74. The van der Waals surface area contributed by atoms with E-state index in [-0.39, 0.29) is 11.9 Å². The monoisotopic (exact) mass is 388 g/mol. The van der Waals surface area contributed by atoms with E-state index in [1.165, 1.54) is 21.9 Å². The number of nitrogens with one attached hydrogen (secondary N) is 1. The van der Waals surface area contributed by atoms with Crippen LogP contribution >= 0.6 is 0 Å². The maximum absolute atomic E-state index is 11.6. The number of benzene rings is 2. The molecule has 1 heterocycles. The predicted octanol–water partition coefficient (Wildman–Crippen LogP) is 4.33. The summed E-state index contributed by atoms with van der Waals surface area (Å²) in [5.41, 5.74) is 2.49. The van der Waals surface area contributed by atoms with Crippen LogP contribution in [0.5, 0.6) is 5.75 Å². The third-order valence-electron chi connectivity index (χ3n) is 5.87. The SMILES string of the molecule is COc1ccc2cc(C3=CC=CC=CC3NC3CCN(C(C)=O)CC3)ccc2c1. The Bertz CT molecular complexity index is 981. The predicted molar refractivity (Wildman–Crippen MR) is 119 cm³/mol. The van der Waals surface area contributed by atoms with Crippen LogP contribution in [0.15, 0.2) is 66.8 Å². The first-order valence-corrected chi connectivity index (χ1v) is 10.3. The first-order valence-electron chi connectivity index (χ1n) is 10.3. The Morgan fingerprint density at radius 2 is 1.79 bits per heavy atom. The molecule has 0 bridgehead atoms. The van der Waals surface area contributed by atoms with Gasteiger partial charge in [0.2, 0.25) is 5.91 Å². The number of ether oxygens (including phenoxy) is 1. The molecule has 1 amide bonds. The molecule has 0 spiro atoms. The van der Waals surface area contributed by atoms with Gasteiger partial charge in [0.15, 0.2) is 0 Å². The number of carbonyl (C=O) groups excluding carboxylic acids is 1. The molecule has 0 radical (unpaired) electrons. The molecule has 0 aromatic heterocycles. The fraction of sp³-hybridized carbons (Fsp3) is 0.320. The Labute approximate surface area is 172 Å². The molecule has 1 aliphatic carbocycles. The highest BCUT2D eigenvalue weighted by molar-refractivity contribution is 5.88. The molecule has 4 rings (SSSR count). The number of hydrogen-bond donors (Lipinski definition) is 1. The van der Waals surface area contributed by atoms with Crippen molar-refractivity contribution in [2.75, 3.05) is 20.2 Å². The molecule has 1 aliphatic heterocycles. The minimum atomic E-state index is 0.148. The Morgan fingerprint density at radius 1 is 1.03 bits per heavy atom. The van der Waals surface area contributed by atoms with E-state index < -0.39 is 0 Å². The van der Waals surface area contributed by atoms with Crippen molar-refractivity contribution in [1.82, 2.24) is 10.2 Å². The zero-order valence-electron chi connectivity index (χ0n) is 17.1. The van der Waals surface area contributed by atoms with Crippen LogP contribution in [0.1, 0.15) is 25.3 Å². The van der Waals surface area contributed by atoms with Crippen molar-refractivity contribution < 1.29 is 9.53 Å². The standard InChI is InChI=1S/C25H28N2O2/c1-18(28)27-14-12-22(13-15-27)26-25-7-5-3-4-6-24(25)21-9-8-20-17-23(29-2)11-10-19(20)16-21/h3-11,16-17,22,25-26H,12-15H2,1-2H3. The molecule has 4 heteroatoms. The van der Waals surface area contributed by atoms with Crippen LogP contribution in [0.25, 0.3) is 16.3 Å². The molecular weight excluding hydrogens is 360 g/mol. The zero-order chi connectivity index (χ0) is 20.2. The number of nitrogens with zero attached hydrogens (tertiary/aromatic N) is 1. The largest absolute Gasteiger partial charge is 0.497 e. The van der Waals surface area contributed by atoms with Gasteiger partial charge in [-0.05, 0) is 52.9 Å². The van der Waals surface area contributed by atoms with Gasteiger partial charge in [-0.15, -0.1) is 0 Å². The van der Waals surface area contributed by atoms with E-state index in [0.717, 1.165) is 31.7 Å². The highest BCUT2D eigenvalue weighted by Gasteiger charge is 2.24. The maximum Gasteiger partial charge on any atom is 0.219 e. The number of hydrogen-bond acceptors (Lipinski definition) is 3. The van der Waals surface area contributed by atoms with E-state index in [4.69, 9.17) is 4.74 Å². The number of amides is 1. The van der Waals surface area contributed by atoms with Gasteiger partial charge in [-0.2, -0.15) is 0 Å². The summed E-state index contributed by atoms with van der Waals surface area (Å²) >= 11 is 0. The van der Waals surface area contributed by atoms with E-state index in [9.17, 15) is 4.79 Å². The first kappa shape index (κ1) is 19.5. The van der Waals surface area contributed by atoms with Gasteiger partial charge in [0.1, 0.15) is 5.75 Å². The number of piperidine rings is 1. The fourth-order valence-corrected chi connectivity index (χ4v) is 4.17. The summed E-state index contributed by atoms with van der Waals surface area (Å²) in [5, 5.41) is 6.20. The van der Waals surface area contributed by atoms with Gasteiger partial charge in [0.05, 0.1) is 13.2 Å². The minimum Gasteiger partial charge on any atom is -0.497 e. The molecule has 2 aromatic rings. The molecule has 1 N–H and O–H groups in total. The quantitative estimate of drug-likeness (QED) is 0.848. The van der Waals surface area contributed by atoms with Crippen molar-refractivity contribution in [2.24, 2.45) is 0 Å². The highest BCUT2D eigenvalue weighted by Crippen LogP contribution is 2.28. The molecule has 0 saturated carbocycles. The van der Waals surface area contributed by atoms with Gasteiger partial charge >= 0.3 is 0 Å². The van der Waals surface area contributed by atoms with Gasteiger partial charge in [-0.3, -0.25) is 4.79 Å². The number of fused-ring (bicyclic) bond motifs is 1. The molecular formula is C25H28N2O2. The first-order chi connectivity index (χ1) is 14.1. The molecule has 1 atom stereocenters. The number of methoxy groups -OCH3 is 1. The van der Waals surface area contributed by atoms with E-state index in [1.807, 2.05) is 11.0 Å². The van der Waals surface area contributed by atoms with Gasteiger partial charge in [0, 0.05) is 26.1 Å². The molecule has 1 saturated heterocycles. The van der Waals surface area contributed by atoms with E-state index in [1.54, 1.807) is 14.0 Å². The van der Waals surface area contributed by atoms with Gasteiger partial charge in [-0.25, -0.2) is 0 Å². The van der Waals surface area contributed by atoms with Crippen LogP contribution in [-0.4, -0.2) is 43.1 Å². The molecule has 2 aromatic carbocycles. The topological polar surface area (TPSA) is 41.6 Å². The molecule has 29 heavy (non-hydrogen) atoms. The van der Waals surface area contributed by atoms with Crippen molar-refractivity contribution >= 4 is 22.3 Å². The van der Waals surface area contributed by atoms with Crippen molar-refractivity contribution in [1.29, 1.82) is 0 Å². The number of carbonyl (C=O) groups is 1. The van der Waals surface area contributed by atoms with Gasteiger partial charge in [-0.1, -0.05) is 48.6 Å². The summed E-state index contributed by atoms with van der Waals surface area (Å²) in [6.45, 7) is 3.32. The van der Waals surface area contributed by atoms with E-state index in [2.05, 4.69) is 66.0 Å². The van der Waals surface area contributed by atoms with Crippen LogP contribution in [0.4, 0.5) is 0 Å². The second kappa shape index (κ2) is 8.66. The Kier molecular flexibility index (Phi) is 5.81. The lowest BCUT2D eigenvalue weighted by molar-refractivity contribution is -0.129. The number of likely N-dealkylation sites (tertiary alicyclic amines) is 1. The van der Waals surface area contributed by atoms with Crippen molar-refractivity contribution in [3.05, 3.63) is 72.3 Å². The summed E-state index contributed by atoms with van der Waals surface area (Å²) in [6.07, 6.45) is 12.7. The summed E-state index contributed by atoms with van der Waals surface area (Å²) in [6, 6.07) is 13.3. The normalized spacial score (nSPS) is 19.9. The minimum absolute atomic E-state index is 0.148. The van der Waals surface area contributed by atoms with Crippen LogP contribution < -0.4 is 10.1 Å². The summed E-state index contributed by atoms with van der Waals surface area (Å²) in [4.78, 5) is 13.5. The van der Waals surface area contributed by atoms with Gasteiger partial charge < -0.3 is 15.0 Å². The molecule has 2 aliphatic rings. The molecule has 150 valence electrons. The average molecular weight is 389 g/mol. The third kappa shape index (κ3) is 4.43. The summed E-state index contributed by atoms with van der Waals surface area (Å²) in [5.74, 6) is 1.05. The molecule has 4 nitrogen and oxygen atoms in total. The summed E-state index contributed by atoms with van der Waals surface area (Å²) < 4.78 is 5.35. The maximum atomic E-state index is 11.6. The smallest absolute Gasteiger partial charge is 0.219 e. The van der Waals surface area contributed by atoms with Gasteiger partial charge in [0.25, 0.3) is 0 Å². The number of allylic oxidation sites excluding steroid dienone is 4. The van der Waals surface area contributed by atoms with Crippen molar-refractivity contribution in [3.8, 4) is 5.75 Å². The van der Waals surface area contributed by atoms with Crippen LogP contribution in [0.2, 0.25) is 0 Å². The lowest BCUT2D eigenvalue weighted by Crippen LogP contribution is -2.47. The Morgan fingerprint density at radius 3 is 2.55 bits per heavy atom. The average Bonchev–Trinajstić information content (AvgIpc) is 2.98. The molecule has 1 fully saturated rings. The van der Waals surface area contributed by atoms with Crippen LogP contribution in [0, 0.1) is 0 Å². The number of rotatable bonds is 4. The highest BCUT2D eigenvalue weighted by atomic mass is 16.5. The zero-order valence-corrected chi connectivity index (χ0v) is 17.1. The van der Waals surface area contributed by atoms with Crippen LogP contribution in [-0.2, 0) is 4.79 Å². The second-order valence-corrected chi connectivity index (χ2v) is 7.74. The lowest BCUT2D eigenvalue weighted by atomic mass is 9.94. The van der Waals surface area contributed by atoms with Crippen molar-refractivity contribution in [2.45, 2.75) is 31.8 Å². The van der Waals surface area contributed by atoms with Crippen molar-refractivity contribution in [3.63, 3.8) is 0 Å². The van der Waals surface area contributed by atoms with Crippen LogP contribution in [0.3, 0.4) is 0 Å². The van der Waals surface area contributed by atoms with E-state index >= 15 is 0 Å².